The van der Waals surface area contributed by atoms with E-state index in [4.69, 9.17) is 4.74 Å². The fourth-order valence-electron chi connectivity index (χ4n) is 3.38. The third-order valence-electron chi connectivity index (χ3n) is 5.01. The normalized spacial score (nSPS) is 12.9. The van der Waals surface area contributed by atoms with Crippen LogP contribution in [0.25, 0.3) is 22.5 Å². The zero-order chi connectivity index (χ0) is 23.9. The quantitative estimate of drug-likeness (QED) is 0.363. The number of hydrogen-bond donors (Lipinski definition) is 1. The largest absolute Gasteiger partial charge is 0.438 e. The second-order valence-electron chi connectivity index (χ2n) is 7.69. The van der Waals surface area contributed by atoms with Gasteiger partial charge in [0.2, 0.25) is 5.88 Å². The van der Waals surface area contributed by atoms with Gasteiger partial charge in [-0.2, -0.15) is 17.9 Å². The van der Waals surface area contributed by atoms with Crippen molar-refractivity contribution in [1.29, 1.82) is 0 Å². The van der Waals surface area contributed by atoms with Gasteiger partial charge in [0.1, 0.15) is 5.75 Å². The van der Waals surface area contributed by atoms with Crippen LogP contribution in [0.3, 0.4) is 0 Å². The van der Waals surface area contributed by atoms with Crippen molar-refractivity contribution in [2.75, 3.05) is 0 Å². The average molecular weight is 475 g/mol. The van der Waals surface area contributed by atoms with E-state index in [-0.39, 0.29) is 16.9 Å². The third kappa shape index (κ3) is 4.43. The maximum atomic E-state index is 13.2. The molecule has 2 aromatic rings. The number of halogens is 3. The predicted molar refractivity (Wildman–Crippen MR) is 117 cm³/mol. The average Bonchev–Trinajstić information content (AvgIpc) is 3.26. The Morgan fingerprint density at radius 2 is 1.82 bits per heavy atom. The summed E-state index contributed by atoms with van der Waals surface area (Å²) in [4.78, 5) is 8.92. The Morgan fingerprint density at radius 1 is 1.06 bits per heavy atom. The molecule has 6 nitrogen and oxygen atoms in total. The summed E-state index contributed by atoms with van der Waals surface area (Å²) in [6.07, 6.45) is -1.60. The molecule has 1 aromatic heterocycles. The van der Waals surface area contributed by atoms with Gasteiger partial charge in [0.05, 0.1) is 27.0 Å². The van der Waals surface area contributed by atoms with Crippen LogP contribution in [0, 0.1) is 6.92 Å². The monoisotopic (exact) mass is 475 g/mol. The van der Waals surface area contributed by atoms with E-state index in [2.05, 4.69) is 9.97 Å². The van der Waals surface area contributed by atoms with Gasteiger partial charge in [0, 0.05) is 34.3 Å². The van der Waals surface area contributed by atoms with Gasteiger partial charge in [-0.25, -0.2) is 9.97 Å². The second-order valence-corrected chi connectivity index (χ2v) is 9.70. The lowest BCUT2D eigenvalue weighted by Crippen LogP contribution is -2.08. The molecule has 0 radical (unpaired) electrons. The van der Waals surface area contributed by atoms with Crippen LogP contribution in [-0.2, 0) is 17.0 Å². The Bertz CT molecular complexity index is 1320. The van der Waals surface area contributed by atoms with Crippen molar-refractivity contribution in [2.45, 2.75) is 37.1 Å². The van der Waals surface area contributed by atoms with Crippen LogP contribution >= 0.6 is 0 Å². The molecule has 0 saturated heterocycles. The van der Waals surface area contributed by atoms with Gasteiger partial charge in [-0.1, -0.05) is 19.9 Å². The minimum atomic E-state index is -4.52. The smallest absolute Gasteiger partial charge is 0.416 e. The molecule has 172 valence electrons. The molecular weight excluding hydrogens is 455 g/mol. The molecule has 0 amide bonds. The van der Waals surface area contributed by atoms with Gasteiger partial charge in [-0.05, 0) is 43.3 Å². The molecule has 3 heterocycles. The van der Waals surface area contributed by atoms with E-state index in [1.165, 1.54) is 24.5 Å². The molecule has 0 spiro atoms. The minimum absolute atomic E-state index is 0.0384. The number of pyridine rings is 2. The van der Waals surface area contributed by atoms with Crippen molar-refractivity contribution in [3.8, 4) is 34.1 Å². The molecule has 1 atom stereocenters. The highest BCUT2D eigenvalue weighted by molar-refractivity contribution is 7.85. The molecule has 10 heteroatoms. The van der Waals surface area contributed by atoms with Crippen LogP contribution in [0.5, 0.6) is 11.6 Å². The van der Waals surface area contributed by atoms with Crippen molar-refractivity contribution in [3.05, 3.63) is 66.1 Å². The summed E-state index contributed by atoms with van der Waals surface area (Å²) in [5, 5.41) is 10.1. The topological polar surface area (TPSA) is 77.2 Å². The fraction of sp³-hybridized carbons (Fsp3) is 0.217. The number of aryl methyl sites for hydroxylation is 1. The first-order valence-electron chi connectivity index (χ1n) is 9.98. The Labute approximate surface area is 190 Å². The van der Waals surface area contributed by atoms with Crippen LogP contribution in [0.1, 0.15) is 25.1 Å². The Morgan fingerprint density at radius 3 is 2.52 bits per heavy atom. The Hall–Kier alpha value is -3.40. The summed E-state index contributed by atoms with van der Waals surface area (Å²) in [6.45, 7) is 5.29. The highest BCUT2D eigenvalue weighted by atomic mass is 32.2. The summed E-state index contributed by atoms with van der Waals surface area (Å²) in [7, 11) is -1.36. The van der Waals surface area contributed by atoms with Gasteiger partial charge >= 0.3 is 6.18 Å². The summed E-state index contributed by atoms with van der Waals surface area (Å²) < 4.78 is 58.9. The first-order valence-corrected chi connectivity index (χ1v) is 11.2. The molecule has 1 unspecified atom stereocenters. The number of ether oxygens (including phenoxy) is 1. The highest BCUT2D eigenvalue weighted by Crippen LogP contribution is 2.41. The van der Waals surface area contributed by atoms with E-state index >= 15 is 0 Å². The predicted octanol–water partition coefficient (Wildman–Crippen LogP) is 5.92. The summed E-state index contributed by atoms with van der Waals surface area (Å²) >= 11 is 0. The number of benzene rings is 1. The maximum absolute atomic E-state index is 13.2. The van der Waals surface area contributed by atoms with E-state index in [1.54, 1.807) is 25.1 Å². The number of fused-ring (bicyclic) bond motifs is 1. The molecule has 0 fully saturated rings. The number of alkyl halides is 3. The highest BCUT2D eigenvalue weighted by Gasteiger charge is 2.31. The molecule has 33 heavy (non-hydrogen) atoms. The van der Waals surface area contributed by atoms with Crippen LogP contribution in [-0.4, -0.2) is 29.4 Å². The van der Waals surface area contributed by atoms with Crippen LogP contribution in [0.15, 0.2) is 59.8 Å². The van der Waals surface area contributed by atoms with Crippen LogP contribution in [0.4, 0.5) is 13.2 Å². The van der Waals surface area contributed by atoms with Crippen molar-refractivity contribution >= 4 is 10.8 Å². The molecule has 1 aromatic carbocycles. The Kier molecular flexibility index (Phi) is 5.87. The molecule has 1 N–H and O–H groups in total. The summed E-state index contributed by atoms with van der Waals surface area (Å²) in [5.41, 5.74) is 1.20. The number of aromatic nitrogens is 3. The van der Waals surface area contributed by atoms with Crippen LogP contribution in [0.2, 0.25) is 0 Å². The van der Waals surface area contributed by atoms with Gasteiger partial charge in [0.15, 0.2) is 5.82 Å². The van der Waals surface area contributed by atoms with E-state index in [1.807, 2.05) is 13.8 Å². The van der Waals surface area contributed by atoms with E-state index < -0.39 is 22.5 Å². The molecule has 4 rings (SSSR count). The molecule has 0 aliphatic carbocycles. The molecule has 2 aliphatic heterocycles. The standard InChI is InChI=1S/C23H20F3N3O3S/c1-13(2)33(31)17-11-20(19-9-14(3)29(30)21-18(19)7-8-27-21)22(28-12-17)32-16-6-4-5-15(10-16)23(24,25)26/h4-13,30H,1-3H3. The molecule has 0 bridgehead atoms. The van der Waals surface area contributed by atoms with Crippen molar-refractivity contribution in [2.24, 2.45) is 0 Å². The number of rotatable bonds is 5. The van der Waals surface area contributed by atoms with Gasteiger partial charge in [-0.15, -0.1) is 0 Å². The zero-order valence-corrected chi connectivity index (χ0v) is 18.7. The summed E-state index contributed by atoms with van der Waals surface area (Å²) in [5.74, 6) is 0.292. The SMILES string of the molecule is Cc1cc(-c2cc(S(=O)C(C)C)cnc2Oc2cccc(C(F)(F)F)c2)c2ccnc-2n1O. The zero-order valence-electron chi connectivity index (χ0n) is 17.9. The lowest BCUT2D eigenvalue weighted by molar-refractivity contribution is -0.137. The first-order chi connectivity index (χ1) is 15.6. The van der Waals surface area contributed by atoms with Crippen molar-refractivity contribution in [3.63, 3.8) is 0 Å². The van der Waals surface area contributed by atoms with Crippen LogP contribution < -0.4 is 4.74 Å². The maximum Gasteiger partial charge on any atom is 0.416 e. The minimum Gasteiger partial charge on any atom is -0.438 e. The van der Waals surface area contributed by atoms with E-state index in [0.29, 0.717) is 33.1 Å². The molecule has 2 aliphatic rings. The van der Waals surface area contributed by atoms with Gasteiger partial charge in [0.25, 0.3) is 0 Å². The number of nitrogens with zero attached hydrogens (tertiary/aromatic N) is 3. The first kappa shape index (κ1) is 22.8. The Balaban J connectivity index is 1.89. The fourth-order valence-corrected chi connectivity index (χ4v) is 4.32. The third-order valence-corrected chi connectivity index (χ3v) is 6.55. The second kappa shape index (κ2) is 8.51. The lowest BCUT2D eigenvalue weighted by Gasteiger charge is -2.17. The summed E-state index contributed by atoms with van der Waals surface area (Å²) in [6, 6.07) is 9.52. The van der Waals surface area contributed by atoms with Crippen molar-refractivity contribution in [1.82, 2.24) is 14.7 Å². The number of hydrogen-bond acceptors (Lipinski definition) is 5. The molecule has 0 saturated carbocycles. The van der Waals surface area contributed by atoms with E-state index in [0.717, 1.165) is 16.9 Å². The van der Waals surface area contributed by atoms with Gasteiger partial charge in [-0.3, -0.25) is 4.21 Å². The van der Waals surface area contributed by atoms with Crippen molar-refractivity contribution < 1.29 is 27.3 Å². The van der Waals surface area contributed by atoms with Gasteiger partial charge < -0.3 is 9.94 Å². The molecular formula is C23H20F3N3O3S. The van der Waals surface area contributed by atoms with E-state index in [9.17, 15) is 22.6 Å². The lowest BCUT2D eigenvalue weighted by atomic mass is 10.0.